The fourth-order valence-electron chi connectivity index (χ4n) is 2.20. The van der Waals surface area contributed by atoms with Crippen LogP contribution in [0.3, 0.4) is 0 Å². The van der Waals surface area contributed by atoms with E-state index in [0.29, 0.717) is 0 Å². The first-order valence-electron chi connectivity index (χ1n) is 6.36. The van der Waals surface area contributed by atoms with E-state index in [1.807, 2.05) is 0 Å². The Balaban J connectivity index is 2.14. The average molecular weight is 212 g/mol. The summed E-state index contributed by atoms with van der Waals surface area (Å²) in [6.45, 7) is 16.3. The predicted octanol–water partition coefficient (Wildman–Crippen LogP) is 2.35. The van der Waals surface area contributed by atoms with Crippen LogP contribution < -0.4 is 5.32 Å². The number of hydrogen-bond donors (Lipinski definition) is 1. The van der Waals surface area contributed by atoms with Gasteiger partial charge in [0.15, 0.2) is 0 Å². The van der Waals surface area contributed by atoms with Gasteiger partial charge in [0.25, 0.3) is 0 Å². The topological polar surface area (TPSA) is 15.3 Å². The van der Waals surface area contributed by atoms with Crippen molar-refractivity contribution in [2.75, 3.05) is 26.2 Å². The summed E-state index contributed by atoms with van der Waals surface area (Å²) >= 11 is 0. The van der Waals surface area contributed by atoms with Gasteiger partial charge in [0.2, 0.25) is 0 Å². The molecule has 0 spiro atoms. The van der Waals surface area contributed by atoms with Crippen molar-refractivity contribution in [2.45, 2.75) is 46.6 Å². The summed E-state index contributed by atoms with van der Waals surface area (Å²) in [6, 6.07) is 0. The molecule has 15 heavy (non-hydrogen) atoms. The zero-order valence-corrected chi connectivity index (χ0v) is 11.1. The minimum Gasteiger partial charge on any atom is -0.311 e. The van der Waals surface area contributed by atoms with Crippen LogP contribution >= 0.6 is 0 Å². The molecule has 0 bridgehead atoms. The molecule has 0 saturated carbocycles. The van der Waals surface area contributed by atoms with E-state index in [1.54, 1.807) is 0 Å². The Morgan fingerprint density at radius 2 is 2.00 bits per heavy atom. The van der Waals surface area contributed by atoms with Crippen LogP contribution in [0.25, 0.3) is 0 Å². The highest BCUT2D eigenvalue weighted by atomic mass is 15.2. The molecule has 1 unspecified atom stereocenters. The Morgan fingerprint density at radius 3 is 2.47 bits per heavy atom. The highest BCUT2D eigenvalue weighted by molar-refractivity contribution is 4.79. The molecule has 0 aromatic heterocycles. The van der Waals surface area contributed by atoms with Crippen LogP contribution in [0.15, 0.2) is 0 Å². The Bertz CT molecular complexity index is 181. The standard InChI is InChI=1S/C13H28N2/c1-11(2)12-6-8-15(10-12)9-7-14-13(3,4)5/h11-12,14H,6-10H2,1-5H3. The minimum absolute atomic E-state index is 0.261. The molecule has 0 aromatic carbocycles. The fraction of sp³-hybridized carbons (Fsp3) is 1.00. The van der Waals surface area contributed by atoms with Gasteiger partial charge in [-0.25, -0.2) is 0 Å². The van der Waals surface area contributed by atoms with Gasteiger partial charge in [-0.05, 0) is 45.6 Å². The van der Waals surface area contributed by atoms with Crippen molar-refractivity contribution in [1.82, 2.24) is 10.2 Å². The molecule has 0 aromatic rings. The molecule has 0 aliphatic carbocycles. The third-order valence-corrected chi connectivity index (χ3v) is 3.33. The summed E-state index contributed by atoms with van der Waals surface area (Å²) < 4.78 is 0. The maximum Gasteiger partial charge on any atom is 0.0107 e. The highest BCUT2D eigenvalue weighted by Crippen LogP contribution is 2.22. The summed E-state index contributed by atoms with van der Waals surface area (Å²) in [6.07, 6.45) is 1.40. The first kappa shape index (κ1) is 13.0. The van der Waals surface area contributed by atoms with Gasteiger partial charge in [-0.3, -0.25) is 0 Å². The summed E-state index contributed by atoms with van der Waals surface area (Å²) in [5.74, 6) is 1.78. The lowest BCUT2D eigenvalue weighted by molar-refractivity contribution is 0.288. The first-order chi connectivity index (χ1) is 6.88. The summed E-state index contributed by atoms with van der Waals surface area (Å²) in [4.78, 5) is 2.60. The van der Waals surface area contributed by atoms with Gasteiger partial charge in [0.05, 0.1) is 0 Å². The van der Waals surface area contributed by atoms with E-state index in [-0.39, 0.29) is 5.54 Å². The summed E-state index contributed by atoms with van der Waals surface area (Å²) in [7, 11) is 0. The zero-order chi connectivity index (χ0) is 11.5. The third-order valence-electron chi connectivity index (χ3n) is 3.33. The van der Waals surface area contributed by atoms with Gasteiger partial charge in [0.1, 0.15) is 0 Å². The number of nitrogens with one attached hydrogen (secondary N) is 1. The lowest BCUT2D eigenvalue weighted by Gasteiger charge is -2.23. The van der Waals surface area contributed by atoms with Crippen molar-refractivity contribution in [3.05, 3.63) is 0 Å². The van der Waals surface area contributed by atoms with Crippen molar-refractivity contribution in [3.63, 3.8) is 0 Å². The van der Waals surface area contributed by atoms with E-state index in [1.165, 1.54) is 26.1 Å². The van der Waals surface area contributed by atoms with Gasteiger partial charge in [-0.15, -0.1) is 0 Å². The molecule has 2 heteroatoms. The van der Waals surface area contributed by atoms with Gasteiger partial charge in [0, 0.05) is 25.2 Å². The van der Waals surface area contributed by atoms with Crippen molar-refractivity contribution in [2.24, 2.45) is 11.8 Å². The average Bonchev–Trinajstić information content (AvgIpc) is 2.50. The van der Waals surface area contributed by atoms with Crippen LogP contribution in [0.2, 0.25) is 0 Å². The highest BCUT2D eigenvalue weighted by Gasteiger charge is 2.24. The quantitative estimate of drug-likeness (QED) is 0.769. The van der Waals surface area contributed by atoms with Gasteiger partial charge in [-0.1, -0.05) is 13.8 Å². The van der Waals surface area contributed by atoms with E-state index < -0.39 is 0 Å². The summed E-state index contributed by atoms with van der Waals surface area (Å²) in [5, 5.41) is 3.55. The van der Waals surface area contributed by atoms with E-state index in [0.717, 1.165) is 18.4 Å². The molecular formula is C13H28N2. The second kappa shape index (κ2) is 5.31. The molecule has 1 saturated heterocycles. The zero-order valence-electron chi connectivity index (χ0n) is 11.1. The third kappa shape index (κ3) is 4.98. The van der Waals surface area contributed by atoms with Crippen LogP contribution in [0.5, 0.6) is 0 Å². The number of hydrogen-bond acceptors (Lipinski definition) is 2. The molecule has 0 amide bonds. The Hall–Kier alpha value is -0.0800. The Labute approximate surface area is 95.4 Å². The molecule has 0 radical (unpaired) electrons. The van der Waals surface area contributed by atoms with Crippen molar-refractivity contribution < 1.29 is 0 Å². The lowest BCUT2D eigenvalue weighted by Crippen LogP contribution is -2.41. The van der Waals surface area contributed by atoms with Crippen molar-refractivity contribution >= 4 is 0 Å². The molecule has 1 aliphatic rings. The van der Waals surface area contributed by atoms with Gasteiger partial charge < -0.3 is 10.2 Å². The van der Waals surface area contributed by atoms with E-state index >= 15 is 0 Å². The molecule has 1 rings (SSSR count). The number of nitrogens with zero attached hydrogens (tertiary/aromatic N) is 1. The fourth-order valence-corrected chi connectivity index (χ4v) is 2.20. The summed E-state index contributed by atoms with van der Waals surface area (Å²) in [5.41, 5.74) is 0.261. The Morgan fingerprint density at radius 1 is 1.33 bits per heavy atom. The van der Waals surface area contributed by atoms with E-state index in [4.69, 9.17) is 0 Å². The van der Waals surface area contributed by atoms with Gasteiger partial charge >= 0.3 is 0 Å². The molecule has 90 valence electrons. The lowest BCUT2D eigenvalue weighted by atomic mass is 9.95. The van der Waals surface area contributed by atoms with E-state index in [2.05, 4.69) is 44.8 Å². The molecule has 1 aliphatic heterocycles. The molecule has 1 heterocycles. The largest absolute Gasteiger partial charge is 0.311 e. The van der Waals surface area contributed by atoms with Gasteiger partial charge in [-0.2, -0.15) is 0 Å². The SMILES string of the molecule is CC(C)C1CCN(CCNC(C)(C)C)C1. The van der Waals surface area contributed by atoms with E-state index in [9.17, 15) is 0 Å². The monoisotopic (exact) mass is 212 g/mol. The van der Waals surface area contributed by atoms with Crippen LogP contribution in [0.4, 0.5) is 0 Å². The molecule has 2 nitrogen and oxygen atoms in total. The van der Waals surface area contributed by atoms with Crippen LogP contribution in [-0.4, -0.2) is 36.6 Å². The number of likely N-dealkylation sites (tertiary alicyclic amines) is 1. The van der Waals surface area contributed by atoms with Crippen molar-refractivity contribution in [3.8, 4) is 0 Å². The Kier molecular flexibility index (Phi) is 4.60. The molecular weight excluding hydrogens is 184 g/mol. The molecule has 1 fully saturated rings. The molecule has 1 N–H and O–H groups in total. The molecule has 1 atom stereocenters. The van der Waals surface area contributed by atoms with Crippen LogP contribution in [0.1, 0.15) is 41.0 Å². The predicted molar refractivity (Wildman–Crippen MR) is 67.1 cm³/mol. The normalized spacial score (nSPS) is 24.0. The second-order valence-corrected chi connectivity index (χ2v) is 6.27. The first-order valence-corrected chi connectivity index (χ1v) is 6.36. The smallest absolute Gasteiger partial charge is 0.0107 e. The second-order valence-electron chi connectivity index (χ2n) is 6.27. The van der Waals surface area contributed by atoms with Crippen LogP contribution in [-0.2, 0) is 0 Å². The maximum atomic E-state index is 3.55. The van der Waals surface area contributed by atoms with Crippen LogP contribution in [0, 0.1) is 11.8 Å². The number of rotatable bonds is 4. The minimum atomic E-state index is 0.261. The maximum absolute atomic E-state index is 3.55. The van der Waals surface area contributed by atoms with Crippen molar-refractivity contribution in [1.29, 1.82) is 0 Å².